The fourth-order valence-corrected chi connectivity index (χ4v) is 3.81. The lowest BCUT2D eigenvalue weighted by Crippen LogP contribution is -2.48. The van der Waals surface area contributed by atoms with E-state index in [4.69, 9.17) is 0 Å². The van der Waals surface area contributed by atoms with Crippen molar-refractivity contribution >= 4 is 11.9 Å². The number of hydrogen-bond donors (Lipinski definition) is 1. The third kappa shape index (κ3) is 2.99. The van der Waals surface area contributed by atoms with E-state index < -0.39 is 11.4 Å². The van der Waals surface area contributed by atoms with Crippen molar-refractivity contribution in [1.29, 1.82) is 0 Å². The Morgan fingerprint density at radius 2 is 1.90 bits per heavy atom. The van der Waals surface area contributed by atoms with Gasteiger partial charge in [0.2, 0.25) is 5.91 Å². The molecule has 1 aliphatic heterocycles. The Kier molecular flexibility index (Phi) is 4.40. The minimum atomic E-state index is -0.787. The van der Waals surface area contributed by atoms with E-state index >= 15 is 0 Å². The predicted octanol–water partition coefficient (Wildman–Crippen LogP) is 3.06. The maximum Gasteiger partial charge on any atom is 0.310 e. The number of hydrogen-bond acceptors (Lipinski definition) is 2. The van der Waals surface area contributed by atoms with Crippen LogP contribution in [-0.2, 0) is 9.59 Å². The second-order valence-corrected chi connectivity index (χ2v) is 7.10. The molecule has 1 heterocycles. The van der Waals surface area contributed by atoms with Gasteiger partial charge in [-0.1, -0.05) is 26.7 Å². The van der Waals surface area contributed by atoms with Gasteiger partial charge in [-0.15, -0.1) is 0 Å². The Labute approximate surface area is 121 Å². The first-order valence-corrected chi connectivity index (χ1v) is 7.92. The molecule has 2 fully saturated rings. The first-order valence-electron chi connectivity index (χ1n) is 7.92. The summed E-state index contributed by atoms with van der Waals surface area (Å²) >= 11 is 0. The Bertz CT molecular complexity index is 385. The van der Waals surface area contributed by atoms with E-state index in [-0.39, 0.29) is 17.7 Å². The van der Waals surface area contributed by atoms with Gasteiger partial charge in [0.05, 0.1) is 5.41 Å². The summed E-state index contributed by atoms with van der Waals surface area (Å²) in [4.78, 5) is 25.8. The first kappa shape index (κ1) is 15.3. The van der Waals surface area contributed by atoms with Gasteiger partial charge in [-0.3, -0.25) is 9.59 Å². The molecule has 1 saturated heterocycles. The fraction of sp³-hybridized carbons (Fsp3) is 0.875. The molecule has 2 rings (SSSR count). The van der Waals surface area contributed by atoms with Crippen LogP contribution in [0, 0.1) is 10.8 Å². The number of rotatable bonds is 5. The van der Waals surface area contributed by atoms with E-state index in [1.54, 1.807) is 0 Å². The number of amides is 1. The number of nitrogens with zero attached hydrogens (tertiary/aromatic N) is 1. The Morgan fingerprint density at radius 1 is 1.20 bits per heavy atom. The van der Waals surface area contributed by atoms with E-state index in [9.17, 15) is 14.7 Å². The van der Waals surface area contributed by atoms with Crippen LogP contribution in [-0.4, -0.2) is 35.0 Å². The van der Waals surface area contributed by atoms with Crippen LogP contribution in [0.25, 0.3) is 0 Å². The maximum atomic E-state index is 12.5. The van der Waals surface area contributed by atoms with Crippen LogP contribution in [0.15, 0.2) is 0 Å². The third-order valence-electron chi connectivity index (χ3n) is 5.24. The number of aliphatic carboxylic acids is 1. The topological polar surface area (TPSA) is 57.6 Å². The van der Waals surface area contributed by atoms with E-state index in [1.807, 2.05) is 4.90 Å². The quantitative estimate of drug-likeness (QED) is 0.842. The van der Waals surface area contributed by atoms with Gasteiger partial charge in [-0.2, -0.15) is 0 Å². The number of piperidine rings is 1. The molecular formula is C16H27NO3. The van der Waals surface area contributed by atoms with Gasteiger partial charge >= 0.3 is 5.97 Å². The highest BCUT2D eigenvalue weighted by Gasteiger charge is 2.47. The molecule has 0 aromatic heterocycles. The van der Waals surface area contributed by atoms with Crippen LogP contribution in [0.5, 0.6) is 0 Å². The lowest BCUT2D eigenvalue weighted by Gasteiger charge is -2.43. The summed E-state index contributed by atoms with van der Waals surface area (Å²) in [6, 6.07) is 0. The number of carboxylic acids is 1. The van der Waals surface area contributed by atoms with E-state index in [1.165, 1.54) is 6.42 Å². The summed E-state index contributed by atoms with van der Waals surface area (Å²) in [5.41, 5.74) is -0.533. The molecule has 2 aliphatic rings. The molecule has 1 saturated carbocycles. The minimum absolute atomic E-state index is 0.0501. The van der Waals surface area contributed by atoms with Crippen molar-refractivity contribution in [2.75, 3.05) is 13.1 Å². The van der Waals surface area contributed by atoms with Crippen molar-refractivity contribution in [2.45, 2.75) is 65.2 Å². The standard InChI is InChI=1S/C16H27NO3/c1-3-6-15(2)7-5-10-17(12-15)13(18)11-16(14(19)20)8-4-9-16/h3-12H2,1-2H3,(H,19,20). The molecule has 114 valence electrons. The van der Waals surface area contributed by atoms with Gasteiger partial charge in [0.25, 0.3) is 0 Å². The van der Waals surface area contributed by atoms with Crippen LogP contribution in [0.1, 0.15) is 65.2 Å². The molecule has 0 bridgehead atoms. The molecule has 1 amide bonds. The summed E-state index contributed by atoms with van der Waals surface area (Å²) in [6.07, 6.45) is 6.95. The highest BCUT2D eigenvalue weighted by atomic mass is 16.4. The van der Waals surface area contributed by atoms with Crippen LogP contribution in [0.2, 0.25) is 0 Å². The van der Waals surface area contributed by atoms with E-state index in [2.05, 4.69) is 13.8 Å². The summed E-state index contributed by atoms with van der Waals surface area (Å²) in [5, 5.41) is 9.35. The molecule has 1 atom stereocenters. The van der Waals surface area contributed by atoms with Gasteiger partial charge in [0.15, 0.2) is 0 Å². The molecule has 20 heavy (non-hydrogen) atoms. The Morgan fingerprint density at radius 3 is 2.40 bits per heavy atom. The van der Waals surface area contributed by atoms with Gasteiger partial charge in [0, 0.05) is 19.5 Å². The average Bonchev–Trinajstić information content (AvgIpc) is 2.33. The zero-order valence-electron chi connectivity index (χ0n) is 12.8. The van der Waals surface area contributed by atoms with Crippen LogP contribution in [0.3, 0.4) is 0 Å². The fourth-order valence-electron chi connectivity index (χ4n) is 3.81. The first-order chi connectivity index (χ1) is 9.41. The molecule has 0 aromatic rings. The summed E-state index contributed by atoms with van der Waals surface area (Å²) < 4.78 is 0. The summed E-state index contributed by atoms with van der Waals surface area (Å²) in [7, 11) is 0. The third-order valence-corrected chi connectivity index (χ3v) is 5.24. The summed E-state index contributed by atoms with van der Waals surface area (Å²) in [5.74, 6) is -0.737. The van der Waals surface area contributed by atoms with E-state index in [0.29, 0.717) is 12.8 Å². The second-order valence-electron chi connectivity index (χ2n) is 7.10. The number of carbonyl (C=O) groups is 2. The van der Waals surface area contributed by atoms with Gasteiger partial charge in [-0.25, -0.2) is 0 Å². The maximum absolute atomic E-state index is 12.5. The smallest absolute Gasteiger partial charge is 0.310 e. The van der Waals surface area contributed by atoms with Crippen LogP contribution >= 0.6 is 0 Å². The predicted molar refractivity (Wildman–Crippen MR) is 77.4 cm³/mol. The molecule has 1 N–H and O–H groups in total. The molecule has 0 aromatic carbocycles. The Hall–Kier alpha value is -1.06. The average molecular weight is 281 g/mol. The minimum Gasteiger partial charge on any atom is -0.481 e. The number of carboxylic acid groups (broad SMARTS) is 1. The molecule has 1 aliphatic carbocycles. The molecule has 0 radical (unpaired) electrons. The van der Waals surface area contributed by atoms with Crippen molar-refractivity contribution in [2.24, 2.45) is 10.8 Å². The largest absolute Gasteiger partial charge is 0.481 e. The lowest BCUT2D eigenvalue weighted by molar-refractivity contribution is -0.160. The van der Waals surface area contributed by atoms with Crippen molar-refractivity contribution in [1.82, 2.24) is 4.90 Å². The van der Waals surface area contributed by atoms with Gasteiger partial charge in [-0.05, 0) is 37.5 Å². The number of carbonyl (C=O) groups excluding carboxylic acids is 1. The van der Waals surface area contributed by atoms with Crippen LogP contribution in [0.4, 0.5) is 0 Å². The highest BCUT2D eigenvalue weighted by Crippen LogP contribution is 2.45. The zero-order chi connectivity index (χ0) is 14.8. The monoisotopic (exact) mass is 281 g/mol. The van der Waals surface area contributed by atoms with Crippen LogP contribution < -0.4 is 0 Å². The highest BCUT2D eigenvalue weighted by molar-refractivity contribution is 5.85. The van der Waals surface area contributed by atoms with Gasteiger partial charge in [0.1, 0.15) is 0 Å². The van der Waals surface area contributed by atoms with Crippen molar-refractivity contribution in [3.63, 3.8) is 0 Å². The van der Waals surface area contributed by atoms with E-state index in [0.717, 1.165) is 38.8 Å². The van der Waals surface area contributed by atoms with Gasteiger partial charge < -0.3 is 10.0 Å². The van der Waals surface area contributed by atoms with Crippen molar-refractivity contribution in [3.05, 3.63) is 0 Å². The lowest BCUT2D eigenvalue weighted by atomic mass is 9.66. The number of likely N-dealkylation sites (tertiary alicyclic amines) is 1. The molecule has 0 spiro atoms. The molecule has 4 nitrogen and oxygen atoms in total. The Balaban J connectivity index is 1.97. The molecular weight excluding hydrogens is 254 g/mol. The molecule has 4 heteroatoms. The van der Waals surface area contributed by atoms with Crippen molar-refractivity contribution < 1.29 is 14.7 Å². The second kappa shape index (κ2) is 5.74. The molecule has 1 unspecified atom stereocenters. The summed E-state index contributed by atoms with van der Waals surface area (Å²) in [6.45, 7) is 6.04. The zero-order valence-corrected chi connectivity index (χ0v) is 12.8. The normalized spacial score (nSPS) is 28.8. The SMILES string of the molecule is CCCC1(C)CCCN(C(=O)CC2(C(=O)O)CCC2)C1. The van der Waals surface area contributed by atoms with Crippen molar-refractivity contribution in [3.8, 4) is 0 Å².